The van der Waals surface area contributed by atoms with E-state index in [0.717, 1.165) is 24.2 Å². The Morgan fingerprint density at radius 2 is 1.94 bits per heavy atom. The minimum absolute atomic E-state index is 0.122. The molecule has 0 spiro atoms. The van der Waals surface area contributed by atoms with Crippen LogP contribution in [0, 0.1) is 12.8 Å². The molecule has 0 fully saturated rings. The Hall–Kier alpha value is -1.02. The summed E-state index contributed by atoms with van der Waals surface area (Å²) in [6.45, 7) is 6.49. The zero-order valence-corrected chi connectivity index (χ0v) is 10.8. The minimum atomic E-state index is 0.122. The molecule has 2 nitrogen and oxygen atoms in total. The number of nitrogens with two attached hydrogens (primary N) is 1. The molecule has 0 aliphatic heterocycles. The van der Waals surface area contributed by atoms with E-state index >= 15 is 0 Å². The second-order valence-electron chi connectivity index (χ2n) is 4.81. The van der Waals surface area contributed by atoms with E-state index in [1.807, 2.05) is 6.92 Å². The summed E-state index contributed by atoms with van der Waals surface area (Å²) in [5.74, 6) is 1.64. The van der Waals surface area contributed by atoms with E-state index in [1.54, 1.807) is 7.11 Å². The maximum absolute atomic E-state index is 6.16. The number of hydrogen-bond acceptors (Lipinski definition) is 2. The van der Waals surface area contributed by atoms with Crippen LogP contribution in [0.4, 0.5) is 0 Å². The van der Waals surface area contributed by atoms with Crippen molar-refractivity contribution in [2.45, 2.75) is 39.7 Å². The van der Waals surface area contributed by atoms with Crippen LogP contribution in [0.25, 0.3) is 0 Å². The van der Waals surface area contributed by atoms with Gasteiger partial charge in [0, 0.05) is 6.04 Å². The average Bonchev–Trinajstić information content (AvgIpc) is 2.26. The molecule has 0 radical (unpaired) electrons. The van der Waals surface area contributed by atoms with E-state index < -0.39 is 0 Å². The van der Waals surface area contributed by atoms with Crippen LogP contribution < -0.4 is 10.5 Å². The van der Waals surface area contributed by atoms with Gasteiger partial charge in [0.05, 0.1) is 7.11 Å². The van der Waals surface area contributed by atoms with Crippen molar-refractivity contribution < 1.29 is 4.74 Å². The fraction of sp³-hybridized carbons (Fsp3) is 0.571. The summed E-state index contributed by atoms with van der Waals surface area (Å²) in [7, 11) is 1.70. The summed E-state index contributed by atoms with van der Waals surface area (Å²) in [5, 5.41) is 0. The van der Waals surface area contributed by atoms with Crippen molar-refractivity contribution in [3.05, 3.63) is 29.3 Å². The highest BCUT2D eigenvalue weighted by atomic mass is 16.5. The second kappa shape index (κ2) is 5.90. The summed E-state index contributed by atoms with van der Waals surface area (Å²) in [6, 6.07) is 6.35. The van der Waals surface area contributed by atoms with Gasteiger partial charge in [0.15, 0.2) is 0 Å². The molecule has 1 atom stereocenters. The molecular formula is C14H23NO. The third-order valence-corrected chi connectivity index (χ3v) is 2.92. The Morgan fingerprint density at radius 1 is 1.25 bits per heavy atom. The van der Waals surface area contributed by atoms with Gasteiger partial charge in [0.2, 0.25) is 0 Å². The predicted molar refractivity (Wildman–Crippen MR) is 68.7 cm³/mol. The van der Waals surface area contributed by atoms with Crippen molar-refractivity contribution in [3.63, 3.8) is 0 Å². The van der Waals surface area contributed by atoms with Crippen LogP contribution in [0.5, 0.6) is 5.75 Å². The summed E-state index contributed by atoms with van der Waals surface area (Å²) in [6.07, 6.45) is 2.20. The SMILES string of the molecule is COc1cc(C(N)CCC(C)C)ccc1C. The average molecular weight is 221 g/mol. The van der Waals surface area contributed by atoms with Crippen molar-refractivity contribution in [1.29, 1.82) is 0 Å². The summed E-state index contributed by atoms with van der Waals surface area (Å²) in [5.41, 5.74) is 8.49. The molecule has 0 heterocycles. The Kier molecular flexibility index (Phi) is 4.81. The van der Waals surface area contributed by atoms with Gasteiger partial charge in [-0.1, -0.05) is 26.0 Å². The zero-order valence-electron chi connectivity index (χ0n) is 10.8. The van der Waals surface area contributed by atoms with E-state index in [1.165, 1.54) is 5.56 Å². The van der Waals surface area contributed by atoms with Crippen molar-refractivity contribution in [1.82, 2.24) is 0 Å². The molecule has 1 rings (SSSR count). The van der Waals surface area contributed by atoms with Crippen molar-refractivity contribution in [2.75, 3.05) is 7.11 Å². The smallest absolute Gasteiger partial charge is 0.122 e. The molecule has 1 aromatic rings. The maximum Gasteiger partial charge on any atom is 0.122 e. The number of benzene rings is 1. The monoisotopic (exact) mass is 221 g/mol. The van der Waals surface area contributed by atoms with Gasteiger partial charge in [-0.05, 0) is 42.9 Å². The number of aryl methyl sites for hydroxylation is 1. The highest BCUT2D eigenvalue weighted by Gasteiger charge is 2.09. The second-order valence-corrected chi connectivity index (χ2v) is 4.81. The van der Waals surface area contributed by atoms with Gasteiger partial charge in [0.25, 0.3) is 0 Å². The molecule has 1 unspecified atom stereocenters. The first-order valence-electron chi connectivity index (χ1n) is 5.94. The predicted octanol–water partition coefficient (Wildman–Crippen LogP) is 3.44. The molecule has 0 aliphatic rings. The Balaban J connectivity index is 2.72. The molecule has 2 N–H and O–H groups in total. The fourth-order valence-corrected chi connectivity index (χ4v) is 1.75. The lowest BCUT2D eigenvalue weighted by Gasteiger charge is -2.15. The largest absolute Gasteiger partial charge is 0.496 e. The van der Waals surface area contributed by atoms with Crippen LogP contribution in [0.3, 0.4) is 0 Å². The van der Waals surface area contributed by atoms with Gasteiger partial charge in [-0.25, -0.2) is 0 Å². The topological polar surface area (TPSA) is 35.2 Å². The Morgan fingerprint density at radius 3 is 2.50 bits per heavy atom. The Labute approximate surface area is 98.8 Å². The van der Waals surface area contributed by atoms with Gasteiger partial charge in [0.1, 0.15) is 5.75 Å². The Bertz CT molecular complexity index is 334. The first-order valence-corrected chi connectivity index (χ1v) is 5.94. The number of hydrogen-bond donors (Lipinski definition) is 1. The van der Waals surface area contributed by atoms with E-state index in [2.05, 4.69) is 32.0 Å². The van der Waals surface area contributed by atoms with Crippen LogP contribution in [-0.4, -0.2) is 7.11 Å². The van der Waals surface area contributed by atoms with Gasteiger partial charge < -0.3 is 10.5 Å². The van der Waals surface area contributed by atoms with Gasteiger partial charge >= 0.3 is 0 Å². The van der Waals surface area contributed by atoms with E-state index in [-0.39, 0.29) is 6.04 Å². The van der Waals surface area contributed by atoms with Crippen LogP contribution in [0.1, 0.15) is 43.9 Å². The normalized spacial score (nSPS) is 12.9. The highest BCUT2D eigenvalue weighted by Crippen LogP contribution is 2.25. The lowest BCUT2D eigenvalue weighted by Crippen LogP contribution is -2.11. The molecule has 90 valence electrons. The van der Waals surface area contributed by atoms with Gasteiger partial charge in [-0.2, -0.15) is 0 Å². The van der Waals surface area contributed by atoms with Crippen molar-refractivity contribution in [2.24, 2.45) is 11.7 Å². The molecule has 0 aromatic heterocycles. The van der Waals surface area contributed by atoms with Crippen molar-refractivity contribution >= 4 is 0 Å². The van der Waals surface area contributed by atoms with Gasteiger partial charge in [-0.15, -0.1) is 0 Å². The number of ether oxygens (including phenoxy) is 1. The molecule has 0 aliphatic carbocycles. The van der Waals surface area contributed by atoms with Crippen LogP contribution >= 0.6 is 0 Å². The molecule has 16 heavy (non-hydrogen) atoms. The molecule has 1 aromatic carbocycles. The van der Waals surface area contributed by atoms with Crippen LogP contribution in [0.15, 0.2) is 18.2 Å². The fourth-order valence-electron chi connectivity index (χ4n) is 1.75. The third kappa shape index (κ3) is 3.53. The zero-order chi connectivity index (χ0) is 12.1. The molecule has 0 bridgehead atoms. The van der Waals surface area contributed by atoms with Crippen molar-refractivity contribution in [3.8, 4) is 5.75 Å². The van der Waals surface area contributed by atoms with Crippen LogP contribution in [0.2, 0.25) is 0 Å². The number of methoxy groups -OCH3 is 1. The maximum atomic E-state index is 6.16. The highest BCUT2D eigenvalue weighted by molar-refractivity contribution is 5.37. The van der Waals surface area contributed by atoms with Gasteiger partial charge in [-0.3, -0.25) is 0 Å². The minimum Gasteiger partial charge on any atom is -0.496 e. The van der Waals surface area contributed by atoms with E-state index in [9.17, 15) is 0 Å². The summed E-state index contributed by atoms with van der Waals surface area (Å²) in [4.78, 5) is 0. The lowest BCUT2D eigenvalue weighted by atomic mass is 9.97. The third-order valence-electron chi connectivity index (χ3n) is 2.92. The first kappa shape index (κ1) is 13.0. The molecule has 2 heteroatoms. The first-order chi connectivity index (χ1) is 7.54. The molecule has 0 amide bonds. The quantitative estimate of drug-likeness (QED) is 0.826. The molecule has 0 saturated carbocycles. The standard InChI is InChI=1S/C14H23NO/c1-10(2)5-8-13(15)12-7-6-11(3)14(9-12)16-4/h6-7,9-10,13H,5,8,15H2,1-4H3. The molecule has 0 saturated heterocycles. The van der Waals surface area contributed by atoms with Crippen LogP contribution in [-0.2, 0) is 0 Å². The molecular weight excluding hydrogens is 198 g/mol. The van der Waals surface area contributed by atoms with E-state index in [4.69, 9.17) is 10.5 Å². The van der Waals surface area contributed by atoms with E-state index in [0.29, 0.717) is 5.92 Å². The summed E-state index contributed by atoms with van der Waals surface area (Å²) < 4.78 is 5.31. The number of rotatable bonds is 5. The summed E-state index contributed by atoms with van der Waals surface area (Å²) >= 11 is 0. The lowest BCUT2D eigenvalue weighted by molar-refractivity contribution is 0.410.